The number of aryl methyl sites for hydroxylation is 2. The maximum atomic E-state index is 6.22. The van der Waals surface area contributed by atoms with Crippen LogP contribution >= 0.6 is 23.2 Å². The van der Waals surface area contributed by atoms with Gasteiger partial charge in [-0.25, -0.2) is 9.97 Å². The Kier molecular flexibility index (Phi) is 4.45. The molecule has 0 atom stereocenters. The average molecular weight is 400 g/mol. The minimum Gasteiger partial charge on any atom is -0.383 e. The summed E-state index contributed by atoms with van der Waals surface area (Å²) >= 11 is 12.1. The van der Waals surface area contributed by atoms with Gasteiger partial charge in [-0.2, -0.15) is 0 Å². The van der Waals surface area contributed by atoms with E-state index < -0.39 is 0 Å². The Morgan fingerprint density at radius 3 is 2.63 bits per heavy atom. The first-order valence-corrected chi connectivity index (χ1v) is 8.97. The number of pyridine rings is 1. The van der Waals surface area contributed by atoms with Crippen molar-refractivity contribution in [2.75, 3.05) is 5.73 Å². The molecular weight excluding hydrogens is 385 g/mol. The summed E-state index contributed by atoms with van der Waals surface area (Å²) in [6, 6.07) is 5.72. The van der Waals surface area contributed by atoms with Crippen molar-refractivity contribution in [2.24, 2.45) is 0 Å². The number of nitrogens with zero attached hydrogens (tertiary/aromatic N) is 4. The van der Waals surface area contributed by atoms with Crippen molar-refractivity contribution in [1.29, 1.82) is 0 Å². The highest BCUT2D eigenvalue weighted by Crippen LogP contribution is 2.37. The maximum absolute atomic E-state index is 6.22. The van der Waals surface area contributed by atoms with Gasteiger partial charge in [-0.05, 0) is 54.3 Å². The quantitative estimate of drug-likeness (QED) is 0.498. The lowest BCUT2D eigenvalue weighted by Gasteiger charge is -2.14. The van der Waals surface area contributed by atoms with E-state index in [1.165, 1.54) is 0 Å². The molecule has 6 nitrogen and oxygen atoms in total. The van der Waals surface area contributed by atoms with Crippen LogP contribution in [-0.4, -0.2) is 20.1 Å². The van der Waals surface area contributed by atoms with Crippen molar-refractivity contribution >= 4 is 39.9 Å². The highest BCUT2D eigenvalue weighted by Gasteiger charge is 2.20. The molecule has 27 heavy (non-hydrogen) atoms. The summed E-state index contributed by atoms with van der Waals surface area (Å²) < 4.78 is 5.37. The summed E-state index contributed by atoms with van der Waals surface area (Å²) in [4.78, 5) is 12.6. The molecule has 0 radical (unpaired) electrons. The highest BCUT2D eigenvalue weighted by molar-refractivity contribution is 6.30. The molecule has 0 unspecified atom stereocenters. The van der Waals surface area contributed by atoms with E-state index in [2.05, 4.69) is 20.1 Å². The van der Waals surface area contributed by atoms with Crippen molar-refractivity contribution in [2.45, 2.75) is 20.3 Å². The van der Waals surface area contributed by atoms with E-state index in [4.69, 9.17) is 33.5 Å². The number of aromatic nitrogens is 4. The number of hydrogen-bond donors (Lipinski definition) is 1. The summed E-state index contributed by atoms with van der Waals surface area (Å²) in [5, 5.41) is 5.51. The molecule has 0 amide bonds. The predicted octanol–water partition coefficient (Wildman–Crippen LogP) is 4.78. The predicted molar refractivity (Wildman–Crippen MR) is 106 cm³/mol. The second-order valence-corrected chi connectivity index (χ2v) is 7.03. The Balaban J connectivity index is 2.03. The smallest absolute Gasteiger partial charge is 0.224 e. The first-order valence-electron chi connectivity index (χ1n) is 8.21. The van der Waals surface area contributed by atoms with Crippen LogP contribution in [0.25, 0.3) is 22.0 Å². The van der Waals surface area contributed by atoms with Gasteiger partial charge in [0.25, 0.3) is 0 Å². The molecule has 1 aromatic carbocycles. The van der Waals surface area contributed by atoms with E-state index in [1.807, 2.05) is 32.0 Å². The van der Waals surface area contributed by atoms with E-state index in [-0.39, 0.29) is 5.28 Å². The molecule has 136 valence electrons. The molecule has 4 aromatic rings. The second kappa shape index (κ2) is 6.79. The zero-order chi connectivity index (χ0) is 19.1. The van der Waals surface area contributed by atoms with Crippen molar-refractivity contribution < 1.29 is 4.52 Å². The topological polar surface area (TPSA) is 90.7 Å². The molecular formula is C19H15Cl2N5O. The third kappa shape index (κ3) is 3.22. The molecule has 2 N–H and O–H groups in total. The lowest BCUT2D eigenvalue weighted by Crippen LogP contribution is -2.02. The van der Waals surface area contributed by atoms with Gasteiger partial charge in [0.2, 0.25) is 5.28 Å². The lowest BCUT2D eigenvalue weighted by molar-refractivity contribution is 0.393. The fourth-order valence-corrected chi connectivity index (χ4v) is 3.71. The minimum atomic E-state index is 0.112. The zero-order valence-electron chi connectivity index (χ0n) is 14.6. The van der Waals surface area contributed by atoms with E-state index in [1.54, 1.807) is 12.4 Å². The van der Waals surface area contributed by atoms with Crippen LogP contribution in [0.1, 0.15) is 22.6 Å². The Morgan fingerprint density at radius 1 is 1.11 bits per heavy atom. The summed E-state index contributed by atoms with van der Waals surface area (Å²) in [5.41, 5.74) is 11.5. The third-order valence-corrected chi connectivity index (χ3v) is 4.79. The van der Waals surface area contributed by atoms with Gasteiger partial charge in [0, 0.05) is 29.8 Å². The number of anilines is 1. The van der Waals surface area contributed by atoms with Gasteiger partial charge in [0.15, 0.2) is 0 Å². The standard InChI is InChI=1S/C19H15Cl2N5O/c1-9-16(10(2)27-26-9)13-3-4-15-17(18(22)25-19(21)24-15)14(13)6-11-5-12(20)8-23-7-11/h3-5,7-8H,6H2,1-2H3,(H2,22,24,25). The molecule has 4 rings (SSSR count). The lowest BCUT2D eigenvalue weighted by atomic mass is 9.91. The van der Waals surface area contributed by atoms with E-state index in [0.29, 0.717) is 22.8 Å². The monoisotopic (exact) mass is 399 g/mol. The van der Waals surface area contributed by atoms with Gasteiger partial charge in [0.1, 0.15) is 11.6 Å². The summed E-state index contributed by atoms with van der Waals surface area (Å²) in [6.07, 6.45) is 3.91. The van der Waals surface area contributed by atoms with Gasteiger partial charge >= 0.3 is 0 Å². The minimum absolute atomic E-state index is 0.112. The second-order valence-electron chi connectivity index (χ2n) is 6.25. The maximum Gasteiger partial charge on any atom is 0.224 e. The van der Waals surface area contributed by atoms with Crippen LogP contribution in [0.2, 0.25) is 10.3 Å². The van der Waals surface area contributed by atoms with Crippen LogP contribution in [0.4, 0.5) is 5.82 Å². The number of rotatable bonds is 3. The van der Waals surface area contributed by atoms with Gasteiger partial charge in [0.05, 0.1) is 16.2 Å². The SMILES string of the molecule is Cc1noc(C)c1-c1ccc2nc(Cl)nc(N)c2c1Cc1cncc(Cl)c1. The van der Waals surface area contributed by atoms with Crippen LogP contribution in [0.15, 0.2) is 35.1 Å². The molecule has 0 fully saturated rings. The van der Waals surface area contributed by atoms with Crippen LogP contribution in [0, 0.1) is 13.8 Å². The molecule has 3 aromatic heterocycles. The normalized spacial score (nSPS) is 11.3. The van der Waals surface area contributed by atoms with Crippen LogP contribution in [0.5, 0.6) is 0 Å². The number of nitrogens with two attached hydrogens (primary N) is 1. The molecule has 3 heterocycles. The Bertz CT molecular complexity index is 1150. The van der Waals surface area contributed by atoms with Gasteiger partial charge < -0.3 is 10.3 Å². The number of nitrogen functional groups attached to an aromatic ring is 1. The zero-order valence-corrected chi connectivity index (χ0v) is 16.1. The Labute approximate surface area is 165 Å². The van der Waals surface area contributed by atoms with Gasteiger partial charge in [-0.3, -0.25) is 4.98 Å². The van der Waals surface area contributed by atoms with Crippen molar-refractivity contribution in [1.82, 2.24) is 20.1 Å². The largest absolute Gasteiger partial charge is 0.383 e. The third-order valence-electron chi connectivity index (χ3n) is 4.42. The van der Waals surface area contributed by atoms with E-state index >= 15 is 0 Å². The Morgan fingerprint density at radius 2 is 1.93 bits per heavy atom. The van der Waals surface area contributed by atoms with Crippen molar-refractivity contribution in [3.8, 4) is 11.1 Å². The first-order chi connectivity index (χ1) is 12.9. The summed E-state index contributed by atoms with van der Waals surface area (Å²) in [6.45, 7) is 3.79. The van der Waals surface area contributed by atoms with Crippen molar-refractivity contribution in [3.05, 3.63) is 63.5 Å². The number of fused-ring (bicyclic) bond motifs is 1. The molecule has 0 aliphatic rings. The highest BCUT2D eigenvalue weighted by atomic mass is 35.5. The van der Waals surface area contributed by atoms with Crippen LogP contribution in [-0.2, 0) is 6.42 Å². The fourth-order valence-electron chi connectivity index (χ4n) is 3.34. The molecule has 0 saturated carbocycles. The molecule has 0 saturated heterocycles. The number of hydrogen-bond acceptors (Lipinski definition) is 6. The molecule has 0 bridgehead atoms. The average Bonchev–Trinajstić information content (AvgIpc) is 2.93. The van der Waals surface area contributed by atoms with E-state index in [9.17, 15) is 0 Å². The Hall–Kier alpha value is -2.70. The van der Waals surface area contributed by atoms with Crippen LogP contribution < -0.4 is 5.73 Å². The van der Waals surface area contributed by atoms with Crippen molar-refractivity contribution in [3.63, 3.8) is 0 Å². The molecule has 8 heteroatoms. The fraction of sp³-hybridized carbons (Fsp3) is 0.158. The molecule has 0 spiro atoms. The molecule has 0 aliphatic heterocycles. The van der Waals surface area contributed by atoms with Crippen LogP contribution in [0.3, 0.4) is 0 Å². The van der Waals surface area contributed by atoms with Gasteiger partial charge in [-0.15, -0.1) is 0 Å². The van der Waals surface area contributed by atoms with Gasteiger partial charge in [-0.1, -0.05) is 22.8 Å². The van der Waals surface area contributed by atoms with E-state index in [0.717, 1.165) is 39.1 Å². The number of halogens is 2. The number of benzene rings is 1. The summed E-state index contributed by atoms with van der Waals surface area (Å²) in [7, 11) is 0. The summed E-state index contributed by atoms with van der Waals surface area (Å²) in [5.74, 6) is 1.05. The molecule has 0 aliphatic carbocycles. The first kappa shape index (κ1) is 17.7.